The summed E-state index contributed by atoms with van der Waals surface area (Å²) in [6.45, 7) is 2.17. The Morgan fingerprint density at radius 1 is 1.27 bits per heavy atom. The van der Waals surface area contributed by atoms with Gasteiger partial charge < -0.3 is 5.11 Å². The van der Waals surface area contributed by atoms with Crippen LogP contribution in [0.2, 0.25) is 0 Å². The van der Waals surface area contributed by atoms with E-state index in [1.165, 1.54) is 12.8 Å². The Morgan fingerprint density at radius 2 is 1.93 bits per heavy atom. The minimum absolute atomic E-state index is 0. The molecule has 0 radical (unpaired) electrons. The molecule has 76 valence electrons. The molecule has 0 fully saturated rings. The second kappa shape index (κ2) is 7.93. The zero-order valence-corrected chi connectivity index (χ0v) is 10.3. The van der Waals surface area contributed by atoms with Crippen LogP contribution in [0, 0.1) is 0 Å². The van der Waals surface area contributed by atoms with Gasteiger partial charge in [-0.1, -0.05) is 56.2 Å². The van der Waals surface area contributed by atoms with Gasteiger partial charge >= 0.3 is 18.9 Å². The molecule has 0 aromatic heterocycles. The summed E-state index contributed by atoms with van der Waals surface area (Å²) >= 11 is 4.67. The fourth-order valence-corrected chi connectivity index (χ4v) is 1.70. The molecule has 1 aromatic rings. The molecular formula is C12H15LiOS. The van der Waals surface area contributed by atoms with Crippen molar-refractivity contribution in [3.8, 4) is 0 Å². The molecule has 0 aliphatic heterocycles. The summed E-state index contributed by atoms with van der Waals surface area (Å²) in [6.07, 6.45) is 4.51. The first-order valence-corrected chi connectivity index (χ1v) is 5.45. The van der Waals surface area contributed by atoms with Gasteiger partial charge in [-0.05, 0) is 29.0 Å². The van der Waals surface area contributed by atoms with E-state index in [0.717, 1.165) is 18.4 Å². The summed E-state index contributed by atoms with van der Waals surface area (Å²) in [5, 5.41) is 10.9. The van der Waals surface area contributed by atoms with Gasteiger partial charge in [0.05, 0.1) is 0 Å². The van der Waals surface area contributed by atoms with E-state index in [2.05, 4.69) is 19.1 Å². The predicted molar refractivity (Wildman–Crippen MR) is 61.4 cm³/mol. The third kappa shape index (κ3) is 4.84. The molecule has 0 atom stereocenters. The molecule has 1 nitrogen and oxygen atoms in total. The van der Waals surface area contributed by atoms with E-state index in [9.17, 15) is 5.11 Å². The minimum Gasteiger partial charge on any atom is -0.864 e. The van der Waals surface area contributed by atoms with Gasteiger partial charge in [0.25, 0.3) is 0 Å². The van der Waals surface area contributed by atoms with Crippen LogP contribution >= 0.6 is 12.2 Å². The third-order valence-electron chi connectivity index (χ3n) is 2.29. The zero-order valence-electron chi connectivity index (χ0n) is 9.45. The fourth-order valence-electron chi connectivity index (χ4n) is 1.50. The summed E-state index contributed by atoms with van der Waals surface area (Å²) in [5.41, 5.74) is 1.81. The maximum atomic E-state index is 11.1. The van der Waals surface area contributed by atoms with Gasteiger partial charge in [0, 0.05) is 0 Å². The van der Waals surface area contributed by atoms with E-state index in [-0.39, 0.29) is 23.9 Å². The normalized spacial score (nSPS) is 9.40. The number of hydrogen-bond acceptors (Lipinski definition) is 2. The molecule has 0 N–H and O–H groups in total. The van der Waals surface area contributed by atoms with E-state index >= 15 is 0 Å². The van der Waals surface area contributed by atoms with Crippen LogP contribution in [0.25, 0.3) is 0 Å². The Morgan fingerprint density at radius 3 is 2.53 bits per heavy atom. The van der Waals surface area contributed by atoms with Crippen LogP contribution in [-0.2, 0) is 6.42 Å². The minimum atomic E-state index is -0.239. The summed E-state index contributed by atoms with van der Waals surface area (Å²) in [4.78, 5) is 0. The molecule has 1 rings (SSSR count). The number of rotatable bonds is 5. The van der Waals surface area contributed by atoms with Gasteiger partial charge in [-0.25, -0.2) is 0 Å². The van der Waals surface area contributed by atoms with Crippen molar-refractivity contribution in [2.75, 3.05) is 0 Å². The summed E-state index contributed by atoms with van der Waals surface area (Å²) in [6, 6.07) is 7.64. The Hall–Kier alpha value is -0.293. The number of unbranched alkanes of at least 4 members (excludes halogenated alkanes) is 2. The molecular weight excluding hydrogens is 199 g/mol. The van der Waals surface area contributed by atoms with E-state index in [1.54, 1.807) is 0 Å². The van der Waals surface area contributed by atoms with E-state index in [4.69, 9.17) is 0 Å². The topological polar surface area (TPSA) is 23.1 Å². The van der Waals surface area contributed by atoms with Crippen LogP contribution in [0.4, 0.5) is 0 Å². The van der Waals surface area contributed by atoms with Crippen molar-refractivity contribution in [3.05, 3.63) is 35.4 Å². The average Bonchev–Trinajstić information content (AvgIpc) is 2.19. The predicted octanol–water partition coefficient (Wildman–Crippen LogP) is -0.541. The van der Waals surface area contributed by atoms with Crippen LogP contribution in [0.5, 0.6) is 0 Å². The molecule has 0 saturated carbocycles. The first-order valence-electron chi connectivity index (χ1n) is 5.05. The standard InChI is InChI=1S/C12H16OS.Li/c1-2-3-4-7-10-8-5-6-9-11(10)12(13)14;/h5-6,8-9H,2-4,7H2,1H3,(H,13,14);/q;+1/p-1. The van der Waals surface area contributed by atoms with Crippen molar-refractivity contribution >= 4 is 17.3 Å². The molecule has 0 spiro atoms. The van der Waals surface area contributed by atoms with Crippen molar-refractivity contribution in [1.82, 2.24) is 0 Å². The summed E-state index contributed by atoms with van der Waals surface area (Å²) in [7, 11) is 0. The van der Waals surface area contributed by atoms with Gasteiger partial charge in [0.15, 0.2) is 0 Å². The van der Waals surface area contributed by atoms with Crippen molar-refractivity contribution in [1.29, 1.82) is 0 Å². The van der Waals surface area contributed by atoms with Crippen LogP contribution < -0.4 is 24.0 Å². The Kier molecular flexibility index (Phi) is 7.77. The van der Waals surface area contributed by atoms with Gasteiger partial charge in [-0.3, -0.25) is 0 Å². The number of thiocarbonyl (C=S) groups is 1. The van der Waals surface area contributed by atoms with Crippen molar-refractivity contribution < 1.29 is 24.0 Å². The number of benzene rings is 1. The van der Waals surface area contributed by atoms with Crippen LogP contribution in [0.1, 0.15) is 37.3 Å². The first kappa shape index (κ1) is 14.7. The Labute approximate surface area is 109 Å². The van der Waals surface area contributed by atoms with Gasteiger partial charge in [0.1, 0.15) is 0 Å². The van der Waals surface area contributed by atoms with Crippen molar-refractivity contribution in [3.63, 3.8) is 0 Å². The van der Waals surface area contributed by atoms with E-state index in [0.29, 0.717) is 5.56 Å². The Balaban J connectivity index is 0.00000196. The van der Waals surface area contributed by atoms with Crippen LogP contribution in [0.15, 0.2) is 24.3 Å². The molecule has 0 bridgehead atoms. The molecule has 0 unspecified atom stereocenters. The Bertz CT molecular complexity index is 312. The molecule has 3 heteroatoms. The third-order valence-corrected chi connectivity index (χ3v) is 2.51. The molecule has 0 amide bonds. The maximum absolute atomic E-state index is 11.1. The quantitative estimate of drug-likeness (QED) is 0.373. The molecule has 0 aliphatic carbocycles. The smallest absolute Gasteiger partial charge is 0.864 e. The van der Waals surface area contributed by atoms with Crippen LogP contribution in [-0.4, -0.2) is 5.05 Å². The van der Waals surface area contributed by atoms with E-state index in [1.807, 2.05) is 24.3 Å². The largest absolute Gasteiger partial charge is 1.00 e. The summed E-state index contributed by atoms with van der Waals surface area (Å²) < 4.78 is 0. The molecule has 0 aliphatic rings. The van der Waals surface area contributed by atoms with Gasteiger partial charge in [-0.2, -0.15) is 0 Å². The van der Waals surface area contributed by atoms with Crippen molar-refractivity contribution in [2.45, 2.75) is 32.6 Å². The second-order valence-corrected chi connectivity index (χ2v) is 3.77. The van der Waals surface area contributed by atoms with E-state index < -0.39 is 0 Å². The number of hydrogen-bond donors (Lipinski definition) is 0. The summed E-state index contributed by atoms with van der Waals surface area (Å²) in [5.74, 6) is 0. The SMILES string of the molecule is CCCCCc1ccccc1C([O-])=S.[Li+]. The fraction of sp³-hybridized carbons (Fsp3) is 0.417. The molecule has 0 heterocycles. The van der Waals surface area contributed by atoms with Crippen molar-refractivity contribution in [2.24, 2.45) is 0 Å². The van der Waals surface area contributed by atoms with Gasteiger partial charge in [0.2, 0.25) is 0 Å². The maximum Gasteiger partial charge on any atom is 1.00 e. The molecule has 1 aromatic carbocycles. The van der Waals surface area contributed by atoms with Gasteiger partial charge in [-0.15, -0.1) is 0 Å². The monoisotopic (exact) mass is 214 g/mol. The average molecular weight is 214 g/mol. The first-order chi connectivity index (χ1) is 6.75. The molecule has 15 heavy (non-hydrogen) atoms. The second-order valence-electron chi connectivity index (χ2n) is 3.40. The zero-order chi connectivity index (χ0) is 10.4. The molecule has 0 saturated heterocycles. The van der Waals surface area contributed by atoms with Crippen LogP contribution in [0.3, 0.4) is 0 Å². The number of aryl methyl sites for hydroxylation is 1.